The highest BCUT2D eigenvalue weighted by molar-refractivity contribution is 7.89. The molecule has 0 spiro atoms. The van der Waals surface area contributed by atoms with E-state index in [1.807, 2.05) is 46.8 Å². The van der Waals surface area contributed by atoms with Gasteiger partial charge in [-0.1, -0.05) is 37.6 Å². The van der Waals surface area contributed by atoms with Gasteiger partial charge in [0.05, 0.1) is 18.0 Å². The van der Waals surface area contributed by atoms with Crippen LogP contribution in [0.1, 0.15) is 30.5 Å². The highest BCUT2D eigenvalue weighted by Crippen LogP contribution is 2.42. The Labute approximate surface area is 144 Å². The second-order valence-corrected chi connectivity index (χ2v) is 8.45. The highest BCUT2D eigenvalue weighted by atomic mass is 32.2. The lowest BCUT2D eigenvalue weighted by Crippen LogP contribution is -2.19. The smallest absolute Gasteiger partial charge is 0.330 e. The van der Waals surface area contributed by atoms with Crippen LogP contribution in [0.15, 0.2) is 29.2 Å². The third kappa shape index (κ3) is 3.39. The summed E-state index contributed by atoms with van der Waals surface area (Å²) in [6.07, 6.45) is 2.91. The van der Waals surface area contributed by atoms with Crippen molar-refractivity contribution in [1.82, 2.24) is 4.31 Å². The lowest BCUT2D eigenvalue weighted by Gasteiger charge is -2.14. The van der Waals surface area contributed by atoms with E-state index in [9.17, 15) is 13.2 Å². The van der Waals surface area contributed by atoms with E-state index in [1.165, 1.54) is 17.5 Å². The zero-order chi connectivity index (χ0) is 18.2. The number of benzene rings is 1. The molecule has 1 fully saturated rings. The predicted molar refractivity (Wildman–Crippen MR) is 93.2 cm³/mol. The lowest BCUT2D eigenvalue weighted by atomic mass is 10.1. The zero-order valence-corrected chi connectivity index (χ0v) is 15.8. The average Bonchev–Trinajstić information content (AvgIpc) is 3.18. The van der Waals surface area contributed by atoms with Crippen molar-refractivity contribution in [2.75, 3.05) is 7.11 Å². The molecule has 0 bridgehead atoms. The number of hydrogen-bond donors (Lipinski definition) is 0. The fraction of sp³-hybridized carbons (Fsp3) is 0.500. The van der Waals surface area contributed by atoms with E-state index in [-0.39, 0.29) is 18.0 Å². The number of rotatable bonds is 5. The summed E-state index contributed by atoms with van der Waals surface area (Å²) in [5, 5.41) is 0. The SMILES string of the molecule is COC(=O)/C=C\[C@H]1[C@H](C(C)C)N1S(=O)(=O)c1c(C)cc(C)cc1C. The highest BCUT2D eigenvalue weighted by Gasteiger charge is 2.55. The van der Waals surface area contributed by atoms with Gasteiger partial charge in [0.15, 0.2) is 0 Å². The van der Waals surface area contributed by atoms with Crippen LogP contribution in [0.2, 0.25) is 0 Å². The van der Waals surface area contributed by atoms with Crippen LogP contribution < -0.4 is 0 Å². The standard InChI is InChI=1S/C18H25NO4S/c1-11(2)17-15(7-8-16(20)23-6)19(17)24(21,22)18-13(4)9-12(3)10-14(18)5/h7-11,15,17H,1-6H3/b8-7-/t15-,17-,19?/m0/s1. The van der Waals surface area contributed by atoms with Gasteiger partial charge in [-0.05, 0) is 37.8 Å². The number of nitrogens with zero attached hydrogens (tertiary/aromatic N) is 1. The largest absolute Gasteiger partial charge is 0.466 e. The summed E-state index contributed by atoms with van der Waals surface area (Å²) in [6, 6.07) is 3.31. The first-order chi connectivity index (χ1) is 11.1. The first-order valence-corrected chi connectivity index (χ1v) is 9.42. The normalized spacial score (nSPS) is 23.7. The molecule has 0 radical (unpaired) electrons. The van der Waals surface area contributed by atoms with Crippen LogP contribution in [0, 0.1) is 26.7 Å². The van der Waals surface area contributed by atoms with Gasteiger partial charge in [-0.15, -0.1) is 0 Å². The molecular formula is C18H25NO4S. The minimum Gasteiger partial charge on any atom is -0.466 e. The third-order valence-corrected chi connectivity index (χ3v) is 6.50. The van der Waals surface area contributed by atoms with E-state index >= 15 is 0 Å². The van der Waals surface area contributed by atoms with Gasteiger partial charge in [0.2, 0.25) is 10.0 Å². The molecule has 0 amide bonds. The van der Waals surface area contributed by atoms with Crippen molar-refractivity contribution in [3.63, 3.8) is 0 Å². The van der Waals surface area contributed by atoms with Crippen molar-refractivity contribution in [1.29, 1.82) is 0 Å². The van der Waals surface area contributed by atoms with E-state index in [4.69, 9.17) is 0 Å². The minimum atomic E-state index is -3.61. The lowest BCUT2D eigenvalue weighted by molar-refractivity contribution is -0.134. The molecule has 1 heterocycles. The maximum absolute atomic E-state index is 13.2. The summed E-state index contributed by atoms with van der Waals surface area (Å²) < 4.78 is 32.4. The van der Waals surface area contributed by atoms with Crippen LogP contribution in [0.25, 0.3) is 0 Å². The number of esters is 1. The first kappa shape index (κ1) is 18.7. The second kappa shape index (κ2) is 6.69. The molecule has 1 aliphatic heterocycles. The summed E-state index contributed by atoms with van der Waals surface area (Å²) in [5.74, 6) is -0.331. The fourth-order valence-electron chi connectivity index (χ4n) is 3.38. The number of ether oxygens (including phenoxy) is 1. The molecule has 0 aromatic heterocycles. The minimum absolute atomic E-state index is 0.143. The number of methoxy groups -OCH3 is 1. The molecule has 132 valence electrons. The Hall–Kier alpha value is -1.66. The summed E-state index contributed by atoms with van der Waals surface area (Å²) in [5.41, 5.74) is 2.53. The van der Waals surface area contributed by atoms with Crippen LogP contribution in [0.4, 0.5) is 0 Å². The molecule has 0 aliphatic carbocycles. The summed E-state index contributed by atoms with van der Waals surface area (Å²) in [7, 11) is -2.31. The Balaban J connectivity index is 2.42. The van der Waals surface area contributed by atoms with Crippen molar-refractivity contribution in [3.8, 4) is 0 Å². The van der Waals surface area contributed by atoms with E-state index in [0.717, 1.165) is 16.7 Å². The molecule has 1 aromatic rings. The van der Waals surface area contributed by atoms with Crippen molar-refractivity contribution < 1.29 is 17.9 Å². The van der Waals surface area contributed by atoms with E-state index in [0.29, 0.717) is 4.90 Å². The summed E-state index contributed by atoms with van der Waals surface area (Å²) in [4.78, 5) is 11.7. The molecule has 1 aliphatic rings. The second-order valence-electron chi connectivity index (χ2n) is 6.67. The molecule has 24 heavy (non-hydrogen) atoms. The molecule has 5 nitrogen and oxygen atoms in total. The molecule has 0 saturated carbocycles. The molecule has 1 unspecified atom stereocenters. The monoisotopic (exact) mass is 351 g/mol. The van der Waals surface area contributed by atoms with E-state index in [1.54, 1.807) is 6.08 Å². The van der Waals surface area contributed by atoms with Gasteiger partial charge >= 0.3 is 5.97 Å². The zero-order valence-electron chi connectivity index (χ0n) is 15.0. The first-order valence-electron chi connectivity index (χ1n) is 7.98. The van der Waals surface area contributed by atoms with Gasteiger partial charge < -0.3 is 4.74 Å². The number of hydrogen-bond acceptors (Lipinski definition) is 4. The molecule has 0 N–H and O–H groups in total. The number of carbonyl (C=O) groups is 1. The van der Waals surface area contributed by atoms with Crippen molar-refractivity contribution in [3.05, 3.63) is 41.0 Å². The van der Waals surface area contributed by atoms with Gasteiger partial charge in [0, 0.05) is 12.1 Å². The topological polar surface area (TPSA) is 63.5 Å². The van der Waals surface area contributed by atoms with Crippen molar-refractivity contribution in [2.45, 2.75) is 51.6 Å². The van der Waals surface area contributed by atoms with E-state index in [2.05, 4.69) is 4.74 Å². The summed E-state index contributed by atoms with van der Waals surface area (Å²) in [6.45, 7) is 9.55. The quantitative estimate of drug-likeness (QED) is 0.465. The maximum Gasteiger partial charge on any atom is 0.330 e. The summed E-state index contributed by atoms with van der Waals surface area (Å²) >= 11 is 0. The maximum atomic E-state index is 13.2. The van der Waals surface area contributed by atoms with Gasteiger partial charge in [0.25, 0.3) is 0 Å². The van der Waals surface area contributed by atoms with Gasteiger partial charge in [-0.3, -0.25) is 0 Å². The van der Waals surface area contributed by atoms with Crippen LogP contribution in [-0.2, 0) is 19.6 Å². The Morgan fingerprint density at radius 1 is 1.21 bits per heavy atom. The molecule has 1 saturated heterocycles. The Morgan fingerprint density at radius 2 is 1.75 bits per heavy atom. The molecular weight excluding hydrogens is 326 g/mol. The van der Waals surface area contributed by atoms with Crippen molar-refractivity contribution >= 4 is 16.0 Å². The van der Waals surface area contributed by atoms with Crippen molar-refractivity contribution in [2.24, 2.45) is 5.92 Å². The Morgan fingerprint density at radius 3 is 2.21 bits per heavy atom. The van der Waals surface area contributed by atoms with E-state index < -0.39 is 16.0 Å². The fourth-order valence-corrected chi connectivity index (χ4v) is 5.67. The molecule has 3 atom stereocenters. The van der Waals surface area contributed by atoms with Gasteiger partial charge in [-0.2, -0.15) is 4.31 Å². The Kier molecular flexibility index (Phi) is 5.20. The van der Waals surface area contributed by atoms with Gasteiger partial charge in [-0.25, -0.2) is 13.2 Å². The number of carbonyl (C=O) groups excluding carboxylic acids is 1. The van der Waals surface area contributed by atoms with Gasteiger partial charge in [0.1, 0.15) is 0 Å². The molecule has 1 aromatic carbocycles. The van der Waals surface area contributed by atoms with Crippen LogP contribution in [-0.4, -0.2) is 37.9 Å². The molecule has 2 rings (SSSR count). The molecule has 6 heteroatoms. The average molecular weight is 351 g/mol. The number of aryl methyl sites for hydroxylation is 3. The predicted octanol–water partition coefficient (Wildman–Crippen LogP) is 2.74. The third-order valence-electron chi connectivity index (χ3n) is 4.30. The van der Waals surface area contributed by atoms with Crippen LogP contribution >= 0.6 is 0 Å². The number of sulfonamides is 1. The van der Waals surface area contributed by atoms with Crippen LogP contribution in [0.3, 0.4) is 0 Å². The Bertz CT molecular complexity index is 757. The van der Waals surface area contributed by atoms with Crippen LogP contribution in [0.5, 0.6) is 0 Å².